The van der Waals surface area contributed by atoms with Crippen LogP contribution in [0, 0.1) is 0 Å². The van der Waals surface area contributed by atoms with Gasteiger partial charge >= 0.3 is 0 Å². The van der Waals surface area contributed by atoms with Crippen molar-refractivity contribution in [3.63, 3.8) is 0 Å². The summed E-state index contributed by atoms with van der Waals surface area (Å²) >= 11 is 6.52. The molecule has 3 aromatic heterocycles. The molecule has 1 aromatic carbocycles. The molecule has 0 saturated heterocycles. The monoisotopic (exact) mass is 405 g/mol. The second kappa shape index (κ2) is 8.01. The Labute approximate surface area is 173 Å². The zero-order chi connectivity index (χ0) is 20.4. The van der Waals surface area contributed by atoms with Crippen LogP contribution >= 0.6 is 11.6 Å². The molecule has 0 atom stereocenters. The molecule has 0 unspecified atom stereocenters. The van der Waals surface area contributed by atoms with Crippen molar-refractivity contribution in [1.29, 1.82) is 0 Å². The van der Waals surface area contributed by atoms with E-state index in [0.29, 0.717) is 39.8 Å². The molecular weight excluding hydrogens is 386 g/mol. The molecule has 1 N–H and O–H groups in total. The predicted octanol–water partition coefficient (Wildman–Crippen LogP) is 4.90. The summed E-state index contributed by atoms with van der Waals surface area (Å²) in [6, 6.07) is 11.6. The van der Waals surface area contributed by atoms with Gasteiger partial charge in [-0.2, -0.15) is 5.10 Å². The zero-order valence-corrected chi connectivity index (χ0v) is 16.9. The summed E-state index contributed by atoms with van der Waals surface area (Å²) < 4.78 is 1.75. The Morgan fingerprint density at radius 1 is 1.10 bits per heavy atom. The number of hydrogen-bond donors (Lipinski definition) is 1. The number of benzene rings is 1. The lowest BCUT2D eigenvalue weighted by molar-refractivity contribution is 0.102. The molecule has 0 saturated carbocycles. The average molecular weight is 406 g/mol. The van der Waals surface area contributed by atoms with Crippen LogP contribution in [0.25, 0.3) is 11.0 Å². The van der Waals surface area contributed by atoms with Gasteiger partial charge in [-0.1, -0.05) is 37.6 Å². The van der Waals surface area contributed by atoms with E-state index in [1.165, 1.54) is 11.8 Å². The van der Waals surface area contributed by atoms with Crippen molar-refractivity contribution in [2.45, 2.75) is 26.3 Å². The first-order chi connectivity index (χ1) is 14.0. The molecule has 6 nitrogen and oxygen atoms in total. The van der Waals surface area contributed by atoms with Gasteiger partial charge in [-0.15, -0.1) is 0 Å². The number of halogens is 1. The first kappa shape index (κ1) is 19.1. The van der Waals surface area contributed by atoms with E-state index in [2.05, 4.69) is 34.2 Å². The third-order valence-corrected chi connectivity index (χ3v) is 5.17. The summed E-state index contributed by atoms with van der Waals surface area (Å²) in [5, 5.41) is 8.24. The maximum absolute atomic E-state index is 12.7. The summed E-state index contributed by atoms with van der Waals surface area (Å²) in [5.74, 6) is 0.132. The number of nitrogens with zero attached hydrogens (tertiary/aromatic N) is 4. The van der Waals surface area contributed by atoms with Crippen molar-refractivity contribution >= 4 is 34.2 Å². The number of anilines is 1. The zero-order valence-electron chi connectivity index (χ0n) is 16.1. The van der Waals surface area contributed by atoms with E-state index in [-0.39, 0.29) is 5.91 Å². The van der Waals surface area contributed by atoms with Gasteiger partial charge in [0.05, 0.1) is 28.7 Å². The lowest BCUT2D eigenvalue weighted by Crippen LogP contribution is -2.13. The van der Waals surface area contributed by atoms with E-state index in [0.717, 1.165) is 5.56 Å². The minimum absolute atomic E-state index is 0.302. The van der Waals surface area contributed by atoms with Crippen molar-refractivity contribution in [2.75, 3.05) is 5.32 Å². The van der Waals surface area contributed by atoms with Crippen LogP contribution in [0.4, 0.5) is 5.69 Å². The summed E-state index contributed by atoms with van der Waals surface area (Å²) in [4.78, 5) is 21.2. The molecule has 146 valence electrons. The number of hydrogen-bond acceptors (Lipinski definition) is 4. The SMILES string of the molecule is CC(C)c1ccc(NC(=O)c2cnc3c(cnn3Cc3ccncc3)c2Cl)cc1. The Hall–Kier alpha value is -3.25. The number of amides is 1. The minimum atomic E-state index is -0.302. The van der Waals surface area contributed by atoms with Crippen molar-refractivity contribution in [2.24, 2.45) is 0 Å². The van der Waals surface area contributed by atoms with Gasteiger partial charge in [0.15, 0.2) is 5.65 Å². The lowest BCUT2D eigenvalue weighted by Gasteiger charge is -2.10. The Balaban J connectivity index is 1.58. The Morgan fingerprint density at radius 3 is 2.52 bits per heavy atom. The lowest BCUT2D eigenvalue weighted by atomic mass is 10.0. The molecule has 1 amide bonds. The molecule has 3 heterocycles. The van der Waals surface area contributed by atoms with Crippen molar-refractivity contribution in [3.8, 4) is 0 Å². The number of aromatic nitrogens is 4. The highest BCUT2D eigenvalue weighted by Crippen LogP contribution is 2.27. The number of nitrogens with one attached hydrogen (secondary N) is 1. The van der Waals surface area contributed by atoms with Gasteiger partial charge in [0, 0.05) is 24.3 Å². The summed E-state index contributed by atoms with van der Waals surface area (Å²) in [6.07, 6.45) is 6.60. The highest BCUT2D eigenvalue weighted by molar-refractivity contribution is 6.38. The first-order valence-corrected chi connectivity index (χ1v) is 9.71. The van der Waals surface area contributed by atoms with E-state index < -0.39 is 0 Å². The number of rotatable bonds is 5. The molecule has 4 aromatic rings. The van der Waals surface area contributed by atoms with Gasteiger partial charge in [-0.25, -0.2) is 9.67 Å². The smallest absolute Gasteiger partial charge is 0.258 e. The van der Waals surface area contributed by atoms with Gasteiger partial charge < -0.3 is 5.32 Å². The van der Waals surface area contributed by atoms with Gasteiger partial charge in [-0.3, -0.25) is 9.78 Å². The maximum atomic E-state index is 12.7. The van der Waals surface area contributed by atoms with E-state index in [4.69, 9.17) is 11.6 Å². The molecular formula is C22H20ClN5O. The molecule has 0 radical (unpaired) electrons. The molecule has 29 heavy (non-hydrogen) atoms. The fraction of sp³-hybridized carbons (Fsp3) is 0.182. The van der Waals surface area contributed by atoms with E-state index in [1.54, 1.807) is 23.3 Å². The Kier molecular flexibility index (Phi) is 5.27. The predicted molar refractivity (Wildman–Crippen MR) is 114 cm³/mol. The van der Waals surface area contributed by atoms with E-state index in [1.807, 2.05) is 36.4 Å². The van der Waals surface area contributed by atoms with Gasteiger partial charge in [-0.05, 0) is 41.3 Å². The molecule has 4 rings (SSSR count). The van der Waals surface area contributed by atoms with Gasteiger partial charge in [0.1, 0.15) is 0 Å². The highest BCUT2D eigenvalue weighted by Gasteiger charge is 2.17. The molecule has 0 spiro atoms. The second-order valence-corrected chi connectivity index (χ2v) is 7.49. The third kappa shape index (κ3) is 3.98. The third-order valence-electron chi connectivity index (χ3n) is 4.76. The van der Waals surface area contributed by atoms with E-state index in [9.17, 15) is 4.79 Å². The molecule has 0 aliphatic carbocycles. The van der Waals surface area contributed by atoms with Crippen LogP contribution < -0.4 is 5.32 Å². The van der Waals surface area contributed by atoms with Gasteiger partial charge in [0.25, 0.3) is 5.91 Å². The highest BCUT2D eigenvalue weighted by atomic mass is 35.5. The van der Waals surface area contributed by atoms with Crippen LogP contribution in [0.15, 0.2) is 61.2 Å². The van der Waals surface area contributed by atoms with Crippen molar-refractivity contribution in [1.82, 2.24) is 19.7 Å². The summed E-state index contributed by atoms with van der Waals surface area (Å²) in [6.45, 7) is 4.80. The van der Waals surface area contributed by atoms with Crippen LogP contribution in [0.1, 0.15) is 41.3 Å². The number of fused-ring (bicyclic) bond motifs is 1. The van der Waals surface area contributed by atoms with Crippen LogP contribution in [0.2, 0.25) is 5.02 Å². The fourth-order valence-corrected chi connectivity index (χ4v) is 3.35. The maximum Gasteiger partial charge on any atom is 0.258 e. The standard InChI is InChI=1S/C22H20ClN5O/c1-14(2)16-3-5-17(6-4-16)27-22(29)19-11-25-21-18(20(19)23)12-26-28(21)13-15-7-9-24-10-8-15/h3-12,14H,13H2,1-2H3,(H,27,29). The molecule has 0 aliphatic rings. The van der Waals surface area contributed by atoms with Crippen molar-refractivity contribution in [3.05, 3.63) is 82.9 Å². The summed E-state index contributed by atoms with van der Waals surface area (Å²) in [5.41, 5.74) is 3.92. The van der Waals surface area contributed by atoms with Crippen LogP contribution in [0.5, 0.6) is 0 Å². The molecule has 0 fully saturated rings. The first-order valence-electron chi connectivity index (χ1n) is 9.33. The average Bonchev–Trinajstić information content (AvgIpc) is 3.13. The number of carbonyl (C=O) groups excluding carboxylic acids is 1. The second-order valence-electron chi connectivity index (χ2n) is 7.11. The number of pyridine rings is 2. The van der Waals surface area contributed by atoms with Crippen LogP contribution in [-0.4, -0.2) is 25.7 Å². The van der Waals surface area contributed by atoms with Crippen LogP contribution in [0.3, 0.4) is 0 Å². The molecule has 7 heteroatoms. The molecule has 0 bridgehead atoms. The Bertz CT molecular complexity index is 1150. The molecule has 0 aliphatic heterocycles. The summed E-state index contributed by atoms with van der Waals surface area (Å²) in [7, 11) is 0. The number of carbonyl (C=O) groups is 1. The quantitative estimate of drug-likeness (QED) is 0.512. The largest absolute Gasteiger partial charge is 0.322 e. The van der Waals surface area contributed by atoms with Crippen LogP contribution in [-0.2, 0) is 6.54 Å². The fourth-order valence-electron chi connectivity index (χ4n) is 3.08. The van der Waals surface area contributed by atoms with Crippen molar-refractivity contribution < 1.29 is 4.79 Å². The Morgan fingerprint density at radius 2 is 1.83 bits per heavy atom. The normalized spacial score (nSPS) is 11.2. The minimum Gasteiger partial charge on any atom is -0.322 e. The van der Waals surface area contributed by atoms with Gasteiger partial charge in [0.2, 0.25) is 0 Å². The van der Waals surface area contributed by atoms with E-state index >= 15 is 0 Å². The topological polar surface area (TPSA) is 72.7 Å².